The first-order valence-corrected chi connectivity index (χ1v) is 9.66. The molecule has 2 aromatic heterocycles. The molecule has 0 spiro atoms. The number of carbonyl (C=O) groups is 1. The predicted octanol–water partition coefficient (Wildman–Crippen LogP) is 4.21. The molecule has 136 valence electrons. The molecule has 6 nitrogen and oxygen atoms in total. The van der Waals surface area contributed by atoms with E-state index < -0.39 is 0 Å². The number of anilines is 1. The van der Waals surface area contributed by atoms with Gasteiger partial charge in [0.05, 0.1) is 11.3 Å². The summed E-state index contributed by atoms with van der Waals surface area (Å²) in [5, 5.41) is 13.4. The van der Waals surface area contributed by atoms with E-state index >= 15 is 0 Å². The Balaban J connectivity index is 1.52. The van der Waals surface area contributed by atoms with E-state index in [9.17, 15) is 4.79 Å². The highest BCUT2D eigenvalue weighted by Crippen LogP contribution is 2.26. The third-order valence-electron chi connectivity index (χ3n) is 4.36. The lowest BCUT2D eigenvalue weighted by atomic mass is 10.2. The second-order valence-electron chi connectivity index (χ2n) is 6.09. The molecule has 0 saturated heterocycles. The van der Waals surface area contributed by atoms with Crippen LogP contribution in [-0.4, -0.2) is 31.4 Å². The van der Waals surface area contributed by atoms with E-state index in [1.807, 2.05) is 48.9 Å². The summed E-state index contributed by atoms with van der Waals surface area (Å²) < 4.78 is 1.98. The van der Waals surface area contributed by atoms with Gasteiger partial charge in [0, 0.05) is 23.1 Å². The van der Waals surface area contributed by atoms with Gasteiger partial charge in [-0.05, 0) is 30.7 Å². The van der Waals surface area contributed by atoms with Gasteiger partial charge in [-0.25, -0.2) is 4.98 Å². The molecule has 1 amide bonds. The molecule has 4 rings (SSSR count). The molecule has 8 heteroatoms. The summed E-state index contributed by atoms with van der Waals surface area (Å²) in [4.78, 5) is 16.8. The molecule has 0 unspecified atom stereocenters. The summed E-state index contributed by atoms with van der Waals surface area (Å²) in [6.45, 7) is 1.87. The first kappa shape index (κ1) is 17.8. The topological polar surface area (TPSA) is 72.7 Å². The Morgan fingerprint density at radius 1 is 1.19 bits per heavy atom. The molecule has 0 fully saturated rings. The molecule has 0 atom stereocenters. The fourth-order valence-corrected chi connectivity index (χ4v) is 3.67. The highest BCUT2D eigenvalue weighted by molar-refractivity contribution is 7.99. The molecular formula is C19H16ClN5OS. The summed E-state index contributed by atoms with van der Waals surface area (Å²) in [6, 6.07) is 13.4. The normalized spacial score (nSPS) is 11.2. The molecule has 0 aliphatic rings. The Bertz CT molecular complexity index is 1170. The SMILES string of the molecule is Cc1c(Cl)cccc1NC(=O)CSc1nnc2c3ccccc3n(C)c2n1. The maximum atomic E-state index is 12.3. The second-order valence-corrected chi connectivity index (χ2v) is 7.44. The fourth-order valence-electron chi connectivity index (χ4n) is 2.91. The number of hydrogen-bond donors (Lipinski definition) is 1. The van der Waals surface area contributed by atoms with Crippen LogP contribution in [0.4, 0.5) is 5.69 Å². The van der Waals surface area contributed by atoms with Crippen LogP contribution < -0.4 is 5.32 Å². The van der Waals surface area contributed by atoms with Crippen LogP contribution in [0.25, 0.3) is 22.1 Å². The molecule has 0 saturated carbocycles. The molecular weight excluding hydrogens is 382 g/mol. The lowest BCUT2D eigenvalue weighted by Gasteiger charge is -2.09. The van der Waals surface area contributed by atoms with Crippen molar-refractivity contribution in [2.24, 2.45) is 7.05 Å². The Morgan fingerprint density at radius 3 is 2.85 bits per heavy atom. The monoisotopic (exact) mass is 397 g/mol. The van der Waals surface area contributed by atoms with E-state index in [4.69, 9.17) is 11.6 Å². The van der Waals surface area contributed by atoms with Crippen molar-refractivity contribution in [3.8, 4) is 0 Å². The summed E-state index contributed by atoms with van der Waals surface area (Å²) in [7, 11) is 1.95. The number of aromatic nitrogens is 4. The van der Waals surface area contributed by atoms with Crippen molar-refractivity contribution in [2.45, 2.75) is 12.1 Å². The van der Waals surface area contributed by atoms with E-state index in [2.05, 4.69) is 20.5 Å². The number of amides is 1. The molecule has 4 aromatic rings. The minimum absolute atomic E-state index is 0.147. The minimum atomic E-state index is -0.147. The molecule has 0 aliphatic carbocycles. The zero-order valence-electron chi connectivity index (χ0n) is 14.7. The Hall–Kier alpha value is -2.64. The zero-order chi connectivity index (χ0) is 19.0. The standard InChI is InChI=1S/C19H16ClN5OS/c1-11-13(20)7-5-8-14(11)21-16(26)10-27-19-22-18-17(23-24-19)12-6-3-4-9-15(12)25(18)2/h3-9H,10H2,1-2H3,(H,21,26). The van der Waals surface area contributed by atoms with Gasteiger partial charge in [-0.3, -0.25) is 4.79 Å². The van der Waals surface area contributed by atoms with Crippen molar-refractivity contribution in [2.75, 3.05) is 11.1 Å². The summed E-state index contributed by atoms with van der Waals surface area (Å²) >= 11 is 7.34. The Morgan fingerprint density at radius 2 is 2.00 bits per heavy atom. The Labute approximate surface area is 164 Å². The van der Waals surface area contributed by atoms with Gasteiger partial charge >= 0.3 is 0 Å². The molecule has 2 heterocycles. The number of nitrogens with one attached hydrogen (secondary N) is 1. The van der Waals surface area contributed by atoms with Gasteiger partial charge in [-0.2, -0.15) is 0 Å². The number of carbonyl (C=O) groups excluding carboxylic acids is 1. The lowest BCUT2D eigenvalue weighted by Crippen LogP contribution is -2.15. The van der Waals surface area contributed by atoms with E-state index in [0.717, 1.165) is 27.6 Å². The third-order valence-corrected chi connectivity index (χ3v) is 5.61. The van der Waals surface area contributed by atoms with Crippen LogP contribution in [0.15, 0.2) is 47.6 Å². The highest BCUT2D eigenvalue weighted by Gasteiger charge is 2.14. The summed E-state index contributed by atoms with van der Waals surface area (Å²) in [5.41, 5.74) is 4.10. The Kier molecular flexibility index (Phi) is 4.72. The number of para-hydroxylation sites is 1. The van der Waals surface area contributed by atoms with Crippen LogP contribution in [0.2, 0.25) is 5.02 Å². The number of rotatable bonds is 4. The molecule has 2 aromatic carbocycles. The highest BCUT2D eigenvalue weighted by atomic mass is 35.5. The van der Waals surface area contributed by atoms with Crippen LogP contribution in [0.5, 0.6) is 0 Å². The predicted molar refractivity (Wildman–Crippen MR) is 109 cm³/mol. The first-order valence-electron chi connectivity index (χ1n) is 8.30. The van der Waals surface area contributed by atoms with Gasteiger partial charge in [0.2, 0.25) is 11.1 Å². The summed E-state index contributed by atoms with van der Waals surface area (Å²) in [5.74, 6) is 0.0365. The van der Waals surface area contributed by atoms with Gasteiger partial charge in [-0.15, -0.1) is 10.2 Å². The van der Waals surface area contributed by atoms with Crippen LogP contribution in [0.3, 0.4) is 0 Å². The van der Waals surface area contributed by atoms with E-state index in [0.29, 0.717) is 15.9 Å². The number of halogens is 1. The maximum absolute atomic E-state index is 12.3. The van der Waals surface area contributed by atoms with Gasteiger partial charge < -0.3 is 9.88 Å². The lowest BCUT2D eigenvalue weighted by molar-refractivity contribution is -0.113. The van der Waals surface area contributed by atoms with Gasteiger partial charge in [0.1, 0.15) is 5.52 Å². The fraction of sp³-hybridized carbons (Fsp3) is 0.158. The number of fused-ring (bicyclic) bond motifs is 3. The summed E-state index contributed by atoms with van der Waals surface area (Å²) in [6.07, 6.45) is 0. The first-order chi connectivity index (χ1) is 13.0. The van der Waals surface area contributed by atoms with Crippen LogP contribution in [-0.2, 0) is 11.8 Å². The molecule has 0 radical (unpaired) electrons. The number of aryl methyl sites for hydroxylation is 1. The minimum Gasteiger partial charge on any atom is -0.327 e. The van der Waals surface area contributed by atoms with Crippen molar-refractivity contribution in [1.29, 1.82) is 0 Å². The van der Waals surface area contributed by atoms with Crippen molar-refractivity contribution >= 4 is 57.0 Å². The smallest absolute Gasteiger partial charge is 0.234 e. The quantitative estimate of drug-likeness (QED) is 0.522. The van der Waals surface area contributed by atoms with Crippen LogP contribution >= 0.6 is 23.4 Å². The third kappa shape index (κ3) is 3.36. The number of thioether (sulfide) groups is 1. The van der Waals surface area contributed by atoms with E-state index in [-0.39, 0.29) is 11.7 Å². The zero-order valence-corrected chi connectivity index (χ0v) is 16.3. The number of nitrogens with zero attached hydrogens (tertiary/aromatic N) is 4. The van der Waals surface area contributed by atoms with Crippen molar-refractivity contribution < 1.29 is 4.79 Å². The largest absolute Gasteiger partial charge is 0.327 e. The van der Waals surface area contributed by atoms with Crippen molar-refractivity contribution in [3.05, 3.63) is 53.1 Å². The van der Waals surface area contributed by atoms with Gasteiger partial charge in [0.25, 0.3) is 0 Å². The average molecular weight is 398 g/mol. The number of benzene rings is 2. The van der Waals surface area contributed by atoms with Gasteiger partial charge in [-0.1, -0.05) is 47.6 Å². The van der Waals surface area contributed by atoms with E-state index in [1.165, 1.54) is 11.8 Å². The molecule has 0 bridgehead atoms. The van der Waals surface area contributed by atoms with E-state index in [1.54, 1.807) is 12.1 Å². The van der Waals surface area contributed by atoms with Crippen LogP contribution in [0, 0.1) is 6.92 Å². The number of hydrogen-bond acceptors (Lipinski definition) is 5. The van der Waals surface area contributed by atoms with Gasteiger partial charge in [0.15, 0.2) is 5.65 Å². The molecule has 1 N–H and O–H groups in total. The maximum Gasteiger partial charge on any atom is 0.234 e. The van der Waals surface area contributed by atoms with Crippen molar-refractivity contribution in [3.63, 3.8) is 0 Å². The molecule has 27 heavy (non-hydrogen) atoms. The van der Waals surface area contributed by atoms with Crippen LogP contribution in [0.1, 0.15) is 5.56 Å². The average Bonchev–Trinajstić information content (AvgIpc) is 2.96. The molecule has 0 aliphatic heterocycles. The second kappa shape index (κ2) is 7.17. The van der Waals surface area contributed by atoms with Crippen molar-refractivity contribution in [1.82, 2.24) is 19.7 Å².